The van der Waals surface area contributed by atoms with Crippen LogP contribution in [-0.4, -0.2) is 36.6 Å². The van der Waals surface area contributed by atoms with Crippen LogP contribution in [0, 0.1) is 5.92 Å². The number of nitrogens with zero attached hydrogens (tertiary/aromatic N) is 1. The van der Waals surface area contributed by atoms with Crippen LogP contribution in [0.1, 0.15) is 32.6 Å². The van der Waals surface area contributed by atoms with Gasteiger partial charge in [-0.2, -0.15) is 0 Å². The van der Waals surface area contributed by atoms with Gasteiger partial charge in [0.05, 0.1) is 10.5 Å². The molecule has 1 saturated carbocycles. The van der Waals surface area contributed by atoms with Gasteiger partial charge in [-0.05, 0) is 37.8 Å². The molecule has 4 N–H and O–H groups in total. The van der Waals surface area contributed by atoms with Crippen LogP contribution < -0.4 is 10.5 Å². The van der Waals surface area contributed by atoms with Gasteiger partial charge in [0.2, 0.25) is 15.9 Å². The van der Waals surface area contributed by atoms with Crippen LogP contribution in [0.3, 0.4) is 0 Å². The lowest BCUT2D eigenvalue weighted by Crippen LogP contribution is -2.44. The van der Waals surface area contributed by atoms with E-state index in [4.69, 9.17) is 5.14 Å². The molecule has 0 spiro atoms. The first-order chi connectivity index (χ1) is 12.5. The molecule has 0 amide bonds. The van der Waals surface area contributed by atoms with Gasteiger partial charge in [-0.3, -0.25) is 0 Å². The van der Waals surface area contributed by atoms with Gasteiger partial charge >= 0.3 is 0 Å². The van der Waals surface area contributed by atoms with Gasteiger partial charge in [0.15, 0.2) is 0 Å². The molecule has 3 rings (SSSR count). The van der Waals surface area contributed by atoms with Crippen molar-refractivity contribution in [1.82, 2.24) is 4.98 Å². The topological polar surface area (TPSA) is 105 Å². The molecule has 27 heavy (non-hydrogen) atoms. The second-order valence-electron chi connectivity index (χ2n) is 7.40. The highest BCUT2D eigenvalue weighted by atomic mass is 32.2. The average Bonchev–Trinajstić information content (AvgIpc) is 2.58. The molecule has 0 radical (unpaired) electrons. The fourth-order valence-electron chi connectivity index (χ4n) is 3.64. The van der Waals surface area contributed by atoms with Gasteiger partial charge in [0.25, 0.3) is 0 Å². The molecule has 1 fully saturated rings. The number of aliphatic hydroxyl groups is 1. The number of nitrogens with two attached hydrogens (primary N) is 1. The highest BCUT2D eigenvalue weighted by molar-refractivity contribution is 7.89. The normalized spacial score (nSPS) is 20.3. The van der Waals surface area contributed by atoms with E-state index in [-0.39, 0.29) is 43.0 Å². The molecule has 148 valence electrons. The molecular formula is C18H23F2N3O3S. The second-order valence-corrected chi connectivity index (χ2v) is 8.93. The molecule has 1 unspecified atom stereocenters. The molecule has 1 aromatic heterocycles. The first-order valence-corrected chi connectivity index (χ1v) is 10.3. The number of alkyl halides is 2. The number of benzene rings is 1. The Morgan fingerprint density at radius 2 is 1.96 bits per heavy atom. The van der Waals surface area contributed by atoms with E-state index < -0.39 is 21.5 Å². The Morgan fingerprint density at radius 3 is 2.59 bits per heavy atom. The maximum atomic E-state index is 13.4. The Balaban J connectivity index is 1.81. The Labute approximate surface area is 156 Å². The van der Waals surface area contributed by atoms with E-state index in [0.717, 1.165) is 0 Å². The summed E-state index contributed by atoms with van der Waals surface area (Å²) < 4.78 is 50.3. The Kier molecular flexibility index (Phi) is 5.13. The van der Waals surface area contributed by atoms with Crippen molar-refractivity contribution in [3.63, 3.8) is 0 Å². The maximum absolute atomic E-state index is 13.4. The number of hydrogen-bond donors (Lipinski definition) is 3. The first-order valence-electron chi connectivity index (χ1n) is 8.74. The van der Waals surface area contributed by atoms with Crippen molar-refractivity contribution < 1.29 is 22.3 Å². The fraction of sp³-hybridized carbons (Fsp3) is 0.500. The molecule has 1 atom stereocenters. The highest BCUT2D eigenvalue weighted by Gasteiger charge is 2.41. The monoisotopic (exact) mass is 399 g/mol. The van der Waals surface area contributed by atoms with Crippen molar-refractivity contribution in [2.24, 2.45) is 11.1 Å². The van der Waals surface area contributed by atoms with Crippen molar-refractivity contribution >= 4 is 26.6 Å². The minimum Gasteiger partial charge on any atom is -0.388 e. The molecular weight excluding hydrogens is 376 g/mol. The average molecular weight is 399 g/mol. The molecule has 2 aromatic rings. The number of nitrogens with one attached hydrogen (secondary N) is 1. The third-order valence-corrected chi connectivity index (χ3v) is 6.25. The van der Waals surface area contributed by atoms with E-state index in [1.165, 1.54) is 12.3 Å². The summed E-state index contributed by atoms with van der Waals surface area (Å²) in [6.07, 6.45) is 1.51. The predicted octanol–water partition coefficient (Wildman–Crippen LogP) is 2.87. The molecule has 6 nitrogen and oxygen atoms in total. The summed E-state index contributed by atoms with van der Waals surface area (Å²) in [6, 6.07) is 6.24. The minimum atomic E-state index is -3.89. The number of anilines is 1. The number of halogens is 2. The van der Waals surface area contributed by atoms with E-state index in [2.05, 4.69) is 10.3 Å². The minimum absolute atomic E-state index is 0.00766. The summed E-state index contributed by atoms with van der Waals surface area (Å²) in [6.45, 7) is 1.73. The van der Waals surface area contributed by atoms with Crippen LogP contribution in [0.2, 0.25) is 0 Å². The number of aromatic nitrogens is 1. The molecule has 1 aliphatic carbocycles. The summed E-state index contributed by atoms with van der Waals surface area (Å²) in [7, 11) is -3.89. The van der Waals surface area contributed by atoms with E-state index in [1.807, 2.05) is 0 Å². The van der Waals surface area contributed by atoms with E-state index in [1.54, 1.807) is 25.1 Å². The van der Waals surface area contributed by atoms with E-state index in [9.17, 15) is 22.3 Å². The highest BCUT2D eigenvalue weighted by Crippen LogP contribution is 2.40. The largest absolute Gasteiger partial charge is 0.388 e. The Morgan fingerprint density at radius 1 is 1.30 bits per heavy atom. The summed E-state index contributed by atoms with van der Waals surface area (Å²) in [5, 5.41) is 20.1. The van der Waals surface area contributed by atoms with Gasteiger partial charge < -0.3 is 10.4 Å². The Hall–Kier alpha value is -1.84. The van der Waals surface area contributed by atoms with Gasteiger partial charge in [0.1, 0.15) is 5.82 Å². The molecule has 0 bridgehead atoms. The van der Waals surface area contributed by atoms with Gasteiger partial charge in [-0.25, -0.2) is 27.3 Å². The number of fused-ring (bicyclic) bond motifs is 1. The van der Waals surface area contributed by atoms with Gasteiger partial charge in [0, 0.05) is 36.4 Å². The number of hydrogen-bond acceptors (Lipinski definition) is 5. The lowest BCUT2D eigenvalue weighted by atomic mass is 9.76. The molecule has 0 aliphatic heterocycles. The van der Waals surface area contributed by atoms with Crippen molar-refractivity contribution in [3.8, 4) is 0 Å². The van der Waals surface area contributed by atoms with E-state index >= 15 is 0 Å². The van der Waals surface area contributed by atoms with Crippen molar-refractivity contribution in [3.05, 3.63) is 30.5 Å². The molecule has 1 aromatic carbocycles. The zero-order chi connectivity index (χ0) is 19.9. The SMILES string of the molecule is CC(O)(CNc1nccc2c(S(N)(=O)=O)cccc12)C1CCC(F)(F)CC1. The van der Waals surface area contributed by atoms with Crippen LogP contribution in [0.5, 0.6) is 0 Å². The van der Waals surface area contributed by atoms with Crippen molar-refractivity contribution in [2.75, 3.05) is 11.9 Å². The lowest BCUT2D eigenvalue weighted by molar-refractivity contribution is -0.0833. The van der Waals surface area contributed by atoms with Crippen LogP contribution >= 0.6 is 0 Å². The zero-order valence-corrected chi connectivity index (χ0v) is 15.8. The van der Waals surface area contributed by atoms with Crippen LogP contribution in [0.15, 0.2) is 35.4 Å². The molecule has 0 saturated heterocycles. The summed E-state index contributed by atoms with van der Waals surface area (Å²) >= 11 is 0. The predicted molar refractivity (Wildman–Crippen MR) is 99.1 cm³/mol. The second kappa shape index (κ2) is 6.96. The van der Waals surface area contributed by atoms with Crippen LogP contribution in [-0.2, 0) is 10.0 Å². The summed E-state index contributed by atoms with van der Waals surface area (Å²) in [4.78, 5) is 4.22. The summed E-state index contributed by atoms with van der Waals surface area (Å²) in [5.41, 5.74) is -1.20. The quantitative estimate of drug-likeness (QED) is 0.717. The number of primary sulfonamides is 1. The first kappa shape index (κ1) is 19.9. The van der Waals surface area contributed by atoms with Gasteiger partial charge in [-0.1, -0.05) is 12.1 Å². The molecule has 1 heterocycles. The Bertz CT molecular complexity index is 938. The number of sulfonamides is 1. The smallest absolute Gasteiger partial charge is 0.248 e. The fourth-order valence-corrected chi connectivity index (χ4v) is 4.39. The number of pyridine rings is 1. The third-order valence-electron chi connectivity index (χ3n) is 5.28. The summed E-state index contributed by atoms with van der Waals surface area (Å²) in [5.74, 6) is -2.50. The molecule has 1 aliphatic rings. The standard InChI is InChI=1S/C18H23F2N3O3S/c1-17(24,12-5-8-18(19,20)9-6-12)11-23-16-14-3-2-4-15(27(21,25)26)13(14)7-10-22-16/h2-4,7,10,12,24H,5-6,8-9,11H2,1H3,(H,22,23)(H2,21,25,26). The van der Waals surface area contributed by atoms with Crippen LogP contribution in [0.4, 0.5) is 14.6 Å². The van der Waals surface area contributed by atoms with Crippen molar-refractivity contribution in [1.29, 1.82) is 0 Å². The maximum Gasteiger partial charge on any atom is 0.248 e. The lowest BCUT2D eigenvalue weighted by Gasteiger charge is -2.38. The van der Waals surface area contributed by atoms with E-state index in [0.29, 0.717) is 16.6 Å². The van der Waals surface area contributed by atoms with Gasteiger partial charge in [-0.15, -0.1) is 0 Å². The van der Waals surface area contributed by atoms with Crippen LogP contribution in [0.25, 0.3) is 10.8 Å². The third kappa shape index (κ3) is 4.36. The number of rotatable bonds is 5. The van der Waals surface area contributed by atoms with Crippen molar-refractivity contribution in [2.45, 2.75) is 49.0 Å². The molecule has 9 heteroatoms. The zero-order valence-electron chi connectivity index (χ0n) is 15.0.